The summed E-state index contributed by atoms with van der Waals surface area (Å²) in [6.45, 7) is 0. The maximum absolute atomic E-state index is 15.5. The summed E-state index contributed by atoms with van der Waals surface area (Å²) in [6, 6.07) is 11.3. The number of nitro benzene ring substituents is 1. The molecule has 3 aromatic carbocycles. The van der Waals surface area contributed by atoms with Crippen molar-refractivity contribution in [1.29, 1.82) is 0 Å². The molecule has 0 amide bonds. The smallest absolute Gasteiger partial charge is 0.270 e. The van der Waals surface area contributed by atoms with Crippen molar-refractivity contribution in [2.45, 2.75) is 0 Å². The Hall–Kier alpha value is -3.65. The van der Waals surface area contributed by atoms with Crippen molar-refractivity contribution in [3.63, 3.8) is 0 Å². The van der Waals surface area contributed by atoms with Gasteiger partial charge in [-0.05, 0) is 18.2 Å². The second kappa shape index (κ2) is 7.64. The minimum atomic E-state index is -0.852. The molecule has 0 aliphatic carbocycles. The number of ether oxygens (including phenoxy) is 1. The van der Waals surface area contributed by atoms with Gasteiger partial charge in [0.1, 0.15) is 23.4 Å². The summed E-state index contributed by atoms with van der Waals surface area (Å²) in [5.41, 5.74) is 0.0947. The van der Waals surface area contributed by atoms with Gasteiger partial charge >= 0.3 is 0 Å². The number of nitro groups is 1. The molecule has 0 fully saturated rings. The number of methoxy groups -OCH3 is 1. The Bertz CT molecular complexity index is 1310. The maximum Gasteiger partial charge on any atom is 0.270 e. The van der Waals surface area contributed by atoms with Crippen LogP contribution >= 0.6 is 11.6 Å². The second-order valence-electron chi connectivity index (χ2n) is 6.29. The van der Waals surface area contributed by atoms with Crippen LogP contribution < -0.4 is 4.74 Å². The molecule has 0 aliphatic heterocycles. The van der Waals surface area contributed by atoms with Gasteiger partial charge in [0, 0.05) is 28.6 Å². The molecule has 0 aliphatic rings. The van der Waals surface area contributed by atoms with Gasteiger partial charge in [-0.1, -0.05) is 29.8 Å². The summed E-state index contributed by atoms with van der Waals surface area (Å²) < 4.78 is 35.2. The number of benzene rings is 3. The molecule has 1 aromatic heterocycles. The minimum Gasteiger partial charge on any atom is -0.496 e. The van der Waals surface area contributed by atoms with Crippen LogP contribution in [-0.4, -0.2) is 22.0 Å². The number of rotatable bonds is 4. The van der Waals surface area contributed by atoms with Crippen LogP contribution in [0.15, 0.2) is 54.9 Å². The summed E-state index contributed by atoms with van der Waals surface area (Å²) in [5.74, 6) is -1.44. The van der Waals surface area contributed by atoms with Gasteiger partial charge in [0.05, 0.1) is 28.3 Å². The summed E-state index contributed by atoms with van der Waals surface area (Å²) >= 11 is 6.36. The molecular weight excluding hydrogens is 416 g/mol. The molecule has 4 rings (SSSR count). The average Bonchev–Trinajstić information content (AvgIpc) is 2.74. The highest BCUT2D eigenvalue weighted by atomic mass is 35.5. The lowest BCUT2D eigenvalue weighted by Gasteiger charge is -2.14. The highest BCUT2D eigenvalue weighted by molar-refractivity contribution is 6.34. The van der Waals surface area contributed by atoms with Crippen LogP contribution in [0.2, 0.25) is 5.02 Å². The summed E-state index contributed by atoms with van der Waals surface area (Å²) in [6.07, 6.45) is 1.13. The van der Waals surface area contributed by atoms with E-state index in [-0.39, 0.29) is 44.2 Å². The Morgan fingerprint density at radius 1 is 1.07 bits per heavy atom. The van der Waals surface area contributed by atoms with Crippen molar-refractivity contribution in [1.82, 2.24) is 9.97 Å². The predicted octanol–water partition coefficient (Wildman–Crippen LogP) is 5.81. The van der Waals surface area contributed by atoms with Crippen molar-refractivity contribution < 1.29 is 18.4 Å². The van der Waals surface area contributed by atoms with Crippen molar-refractivity contribution in [2.24, 2.45) is 0 Å². The lowest BCUT2D eigenvalue weighted by molar-refractivity contribution is -0.384. The van der Waals surface area contributed by atoms with E-state index in [1.54, 1.807) is 6.07 Å². The molecule has 0 N–H and O–H groups in total. The van der Waals surface area contributed by atoms with E-state index in [0.29, 0.717) is 5.56 Å². The number of nitrogens with zero attached hydrogens (tertiary/aromatic N) is 3. The Morgan fingerprint density at radius 3 is 2.57 bits per heavy atom. The molecule has 9 heteroatoms. The number of hydrogen-bond donors (Lipinski definition) is 0. The third-order valence-electron chi connectivity index (χ3n) is 4.60. The van der Waals surface area contributed by atoms with E-state index >= 15 is 4.39 Å². The Labute approximate surface area is 173 Å². The molecule has 0 atom stereocenters. The third kappa shape index (κ3) is 3.21. The van der Waals surface area contributed by atoms with Crippen LogP contribution in [-0.2, 0) is 0 Å². The number of non-ortho nitro benzene ring substituents is 1. The number of hydrogen-bond acceptors (Lipinski definition) is 5. The lowest BCUT2D eigenvalue weighted by atomic mass is 9.99. The number of halogens is 3. The number of fused-ring (bicyclic) bond motifs is 1. The van der Waals surface area contributed by atoms with Crippen LogP contribution in [0.5, 0.6) is 5.75 Å². The van der Waals surface area contributed by atoms with Crippen LogP contribution in [0, 0.1) is 21.7 Å². The highest BCUT2D eigenvalue weighted by Crippen LogP contribution is 2.42. The first kappa shape index (κ1) is 19.7. The first-order valence-electron chi connectivity index (χ1n) is 8.62. The fraction of sp³-hybridized carbons (Fsp3) is 0.0476. The molecule has 0 spiro atoms. The van der Waals surface area contributed by atoms with Gasteiger partial charge in [-0.25, -0.2) is 18.7 Å². The topological polar surface area (TPSA) is 78.2 Å². The fourth-order valence-electron chi connectivity index (χ4n) is 3.27. The molecule has 4 aromatic rings. The molecule has 30 heavy (non-hydrogen) atoms. The number of aromatic nitrogens is 2. The predicted molar refractivity (Wildman–Crippen MR) is 109 cm³/mol. The summed E-state index contributed by atoms with van der Waals surface area (Å²) in [5, 5.41) is 11.3. The monoisotopic (exact) mass is 427 g/mol. The first-order valence-corrected chi connectivity index (χ1v) is 9.00. The summed E-state index contributed by atoms with van der Waals surface area (Å²) in [4.78, 5) is 18.7. The van der Waals surface area contributed by atoms with E-state index in [1.807, 2.05) is 0 Å². The van der Waals surface area contributed by atoms with Crippen molar-refractivity contribution >= 4 is 28.2 Å². The van der Waals surface area contributed by atoms with Gasteiger partial charge in [-0.3, -0.25) is 10.1 Å². The molecular formula is C21H12ClF2N3O3. The molecule has 0 unspecified atom stereocenters. The van der Waals surface area contributed by atoms with Gasteiger partial charge in [-0.15, -0.1) is 0 Å². The Morgan fingerprint density at radius 2 is 1.83 bits per heavy atom. The van der Waals surface area contributed by atoms with Crippen molar-refractivity contribution in [2.75, 3.05) is 7.11 Å². The first-order chi connectivity index (χ1) is 14.4. The molecule has 150 valence electrons. The molecule has 0 saturated heterocycles. The van der Waals surface area contributed by atoms with E-state index in [9.17, 15) is 14.5 Å². The zero-order chi connectivity index (χ0) is 21.4. The van der Waals surface area contributed by atoms with E-state index in [2.05, 4.69) is 9.97 Å². The van der Waals surface area contributed by atoms with E-state index in [0.717, 1.165) is 6.33 Å². The van der Waals surface area contributed by atoms with Crippen LogP contribution in [0.3, 0.4) is 0 Å². The van der Waals surface area contributed by atoms with Crippen molar-refractivity contribution in [3.05, 3.63) is 81.6 Å². The fourth-order valence-corrected chi connectivity index (χ4v) is 3.56. The zero-order valence-electron chi connectivity index (χ0n) is 15.4. The van der Waals surface area contributed by atoms with Crippen LogP contribution in [0.4, 0.5) is 14.5 Å². The van der Waals surface area contributed by atoms with Gasteiger partial charge in [0.25, 0.3) is 5.69 Å². The quantitative estimate of drug-likeness (QED) is 0.303. The minimum absolute atomic E-state index is 0.0788. The third-order valence-corrected chi connectivity index (χ3v) is 4.89. The lowest BCUT2D eigenvalue weighted by Crippen LogP contribution is -1.99. The van der Waals surface area contributed by atoms with Crippen LogP contribution in [0.1, 0.15) is 0 Å². The average molecular weight is 428 g/mol. The summed E-state index contributed by atoms with van der Waals surface area (Å²) in [7, 11) is 1.34. The normalized spacial score (nSPS) is 10.9. The molecule has 6 nitrogen and oxygen atoms in total. The standard InChI is InChI=1S/C21H12ClF2N3O3/c1-30-16-7-3-6-15(23)18(16)17-14(22)9-13-20(25-10-26-21(13)19(17)24)11-4-2-5-12(8-11)27(28)29/h2-10H,1H3. The van der Waals surface area contributed by atoms with Gasteiger partial charge in [0.2, 0.25) is 0 Å². The SMILES string of the molecule is COc1cccc(F)c1-c1c(Cl)cc2c(-c3cccc([N+](=O)[O-])c3)ncnc2c1F. The Kier molecular flexibility index (Phi) is 5.01. The maximum atomic E-state index is 15.5. The highest BCUT2D eigenvalue weighted by Gasteiger charge is 2.23. The molecule has 0 radical (unpaired) electrons. The molecule has 0 bridgehead atoms. The Balaban J connectivity index is 2.01. The second-order valence-corrected chi connectivity index (χ2v) is 6.70. The van der Waals surface area contributed by atoms with E-state index < -0.39 is 16.6 Å². The van der Waals surface area contributed by atoms with Gasteiger partial charge in [-0.2, -0.15) is 0 Å². The zero-order valence-corrected chi connectivity index (χ0v) is 16.2. The van der Waals surface area contributed by atoms with E-state index in [4.69, 9.17) is 16.3 Å². The van der Waals surface area contributed by atoms with Crippen molar-refractivity contribution in [3.8, 4) is 28.1 Å². The largest absolute Gasteiger partial charge is 0.496 e. The van der Waals surface area contributed by atoms with E-state index in [1.165, 1.54) is 49.6 Å². The van der Waals surface area contributed by atoms with Crippen LogP contribution in [0.25, 0.3) is 33.3 Å². The van der Waals surface area contributed by atoms with Gasteiger partial charge < -0.3 is 4.74 Å². The molecule has 1 heterocycles. The molecule has 0 saturated carbocycles. The van der Waals surface area contributed by atoms with Gasteiger partial charge in [0.15, 0.2) is 5.82 Å².